The third kappa shape index (κ3) is 5.16. The number of benzene rings is 2. The van der Waals surface area contributed by atoms with Gasteiger partial charge in [0.2, 0.25) is 11.8 Å². The highest BCUT2D eigenvalue weighted by atomic mass is 79.9. The van der Waals surface area contributed by atoms with Crippen LogP contribution >= 0.6 is 31.9 Å². The second kappa shape index (κ2) is 11.2. The van der Waals surface area contributed by atoms with Crippen molar-refractivity contribution in [2.75, 3.05) is 12.0 Å². The van der Waals surface area contributed by atoms with E-state index in [9.17, 15) is 50.6 Å². The van der Waals surface area contributed by atoms with Crippen molar-refractivity contribution in [3.63, 3.8) is 0 Å². The zero-order valence-electron chi connectivity index (χ0n) is 24.1. The van der Waals surface area contributed by atoms with E-state index in [-0.39, 0.29) is 51.6 Å². The normalized spacial score (nSPS) is 24.6. The number of fused-ring (bicyclic) bond motifs is 3. The van der Waals surface area contributed by atoms with Crippen LogP contribution in [0.1, 0.15) is 42.4 Å². The fourth-order valence-corrected chi connectivity index (χ4v) is 7.97. The number of hydrogen-bond donors (Lipinski definition) is 1. The third-order valence-corrected chi connectivity index (χ3v) is 11.3. The summed E-state index contributed by atoms with van der Waals surface area (Å²) < 4.78 is 87.8. The summed E-state index contributed by atoms with van der Waals surface area (Å²) in [4.78, 5) is 55.1. The van der Waals surface area contributed by atoms with Crippen molar-refractivity contribution in [2.45, 2.75) is 38.0 Å². The molecule has 15 heteroatoms. The molecule has 7 nitrogen and oxygen atoms in total. The van der Waals surface area contributed by atoms with E-state index in [1.165, 1.54) is 20.1 Å². The first kappa shape index (κ1) is 33.2. The SMILES string of the molecule is COc1cc([C@H]2C3=CC[C@@H]4C(=O)N(c5cc(C(F)(F)F)cc(C(F)(F)F)c5)C(=O)[C@@H]4[C@@H]3CC3=C2C(=O)C(C)=CC3=O)c(Br)c(Br)c1O. The minimum absolute atomic E-state index is 0.0128. The van der Waals surface area contributed by atoms with Crippen molar-refractivity contribution in [1.29, 1.82) is 0 Å². The maximum Gasteiger partial charge on any atom is 0.416 e. The average molecular weight is 789 g/mol. The monoisotopic (exact) mass is 787 g/mol. The molecule has 4 aliphatic rings. The predicted octanol–water partition coefficient (Wildman–Crippen LogP) is 7.60. The molecule has 0 bridgehead atoms. The Labute approximate surface area is 279 Å². The highest BCUT2D eigenvalue weighted by Gasteiger charge is 2.57. The number of ketones is 2. The molecular formula is C32H21Br2F6NO6. The molecule has 0 saturated carbocycles. The van der Waals surface area contributed by atoms with Gasteiger partial charge in [0.05, 0.1) is 40.2 Å². The van der Waals surface area contributed by atoms with Gasteiger partial charge in [-0.1, -0.05) is 11.6 Å². The number of Topliss-reactive ketones (excluding diaryl/α,β-unsaturated/α-hetero) is 1. The standard InChI is InChI=1S/C32H21Br2F6NO6/c1-11-5-20(42)18-9-17-15(22(24(18)27(11)43)19-10-21(47-2)28(44)26(34)25(19)33)3-4-16-23(17)30(46)41(29(16)45)14-7-12(31(35,36)37)6-13(8-14)32(38,39)40/h3,5-8,10,16-17,22-23,44H,4,9H2,1-2H3/t16-,17+,22+,23-/m0/s1. The lowest BCUT2D eigenvalue weighted by Crippen LogP contribution is -2.40. The Balaban J connectivity index is 1.52. The number of methoxy groups -OCH3 is 1. The first-order valence-electron chi connectivity index (χ1n) is 14.0. The Kier molecular flexibility index (Phi) is 7.89. The fourth-order valence-electron chi connectivity index (χ4n) is 7.02. The molecule has 6 rings (SSSR count). The van der Waals surface area contributed by atoms with Gasteiger partial charge in [-0.3, -0.25) is 19.2 Å². The number of hydrogen-bond acceptors (Lipinski definition) is 6. The number of phenols is 1. The average Bonchev–Trinajstić information content (AvgIpc) is 3.26. The number of carbonyl (C=O) groups excluding carboxylic acids is 4. The van der Waals surface area contributed by atoms with Crippen LogP contribution in [0.3, 0.4) is 0 Å². The Morgan fingerprint density at radius 2 is 1.51 bits per heavy atom. The number of rotatable bonds is 3. The Morgan fingerprint density at radius 1 is 0.894 bits per heavy atom. The van der Waals surface area contributed by atoms with Gasteiger partial charge in [-0.25, -0.2) is 4.90 Å². The van der Waals surface area contributed by atoms with Crippen LogP contribution in [0.2, 0.25) is 0 Å². The number of imide groups is 1. The molecule has 0 spiro atoms. The lowest BCUT2D eigenvalue weighted by atomic mass is 9.59. The summed E-state index contributed by atoms with van der Waals surface area (Å²) in [6.45, 7) is 1.47. The summed E-state index contributed by atoms with van der Waals surface area (Å²) >= 11 is 6.74. The van der Waals surface area contributed by atoms with Crippen LogP contribution in [0.15, 0.2) is 67.7 Å². The number of halogens is 8. The summed E-state index contributed by atoms with van der Waals surface area (Å²) in [5, 5.41) is 10.6. The number of alkyl halides is 6. The van der Waals surface area contributed by atoms with Crippen LogP contribution < -0.4 is 9.64 Å². The van der Waals surface area contributed by atoms with Gasteiger partial charge in [-0.15, -0.1) is 0 Å². The maximum atomic E-state index is 14.1. The number of ether oxygens (including phenoxy) is 1. The van der Waals surface area contributed by atoms with Crippen LogP contribution in [0.5, 0.6) is 11.5 Å². The molecular weight excluding hydrogens is 768 g/mol. The van der Waals surface area contributed by atoms with Crippen molar-refractivity contribution < 1.29 is 55.4 Å². The van der Waals surface area contributed by atoms with Crippen LogP contribution in [-0.2, 0) is 31.5 Å². The number of carbonyl (C=O) groups is 4. The Morgan fingerprint density at radius 3 is 2.09 bits per heavy atom. The molecule has 1 N–H and O–H groups in total. The van der Waals surface area contributed by atoms with Gasteiger partial charge in [-0.2, -0.15) is 26.3 Å². The molecule has 3 aliphatic carbocycles. The number of aromatic hydroxyl groups is 1. The van der Waals surface area contributed by atoms with Gasteiger partial charge in [0.1, 0.15) is 0 Å². The number of anilines is 1. The molecule has 1 heterocycles. The van der Waals surface area contributed by atoms with E-state index in [1.54, 1.807) is 6.08 Å². The summed E-state index contributed by atoms with van der Waals surface area (Å²) in [5.74, 6) is -7.54. The zero-order chi connectivity index (χ0) is 34.5. The highest BCUT2D eigenvalue weighted by molar-refractivity contribution is 9.13. The van der Waals surface area contributed by atoms with E-state index in [1.807, 2.05) is 0 Å². The number of phenolic OH excluding ortho intramolecular Hbond substituents is 1. The summed E-state index contributed by atoms with van der Waals surface area (Å²) in [6, 6.07) is 2.02. The smallest absolute Gasteiger partial charge is 0.416 e. The van der Waals surface area contributed by atoms with Crippen LogP contribution in [-0.4, -0.2) is 35.6 Å². The molecule has 2 amide bonds. The second-order valence-electron chi connectivity index (χ2n) is 11.6. The van der Waals surface area contributed by atoms with Crippen molar-refractivity contribution >= 4 is 60.9 Å². The first-order chi connectivity index (χ1) is 21.9. The highest BCUT2D eigenvalue weighted by Crippen LogP contribution is 2.58. The fraction of sp³-hybridized carbons (Fsp3) is 0.312. The largest absolute Gasteiger partial charge is 0.503 e. The van der Waals surface area contributed by atoms with Crippen LogP contribution in [0, 0.1) is 17.8 Å². The molecule has 246 valence electrons. The molecule has 1 aliphatic heterocycles. The molecule has 0 radical (unpaired) electrons. The van der Waals surface area contributed by atoms with E-state index in [2.05, 4.69) is 31.9 Å². The lowest BCUT2D eigenvalue weighted by molar-refractivity contribution is -0.143. The first-order valence-corrected chi connectivity index (χ1v) is 15.6. The van der Waals surface area contributed by atoms with Crippen molar-refractivity contribution in [2.24, 2.45) is 17.8 Å². The van der Waals surface area contributed by atoms with Gasteiger partial charge < -0.3 is 9.84 Å². The quantitative estimate of drug-likeness (QED) is 0.149. The van der Waals surface area contributed by atoms with Crippen LogP contribution in [0.25, 0.3) is 0 Å². The third-order valence-electron chi connectivity index (χ3n) is 9.10. The van der Waals surface area contributed by atoms with Crippen LogP contribution in [0.4, 0.5) is 32.0 Å². The van der Waals surface area contributed by atoms with Gasteiger partial charge >= 0.3 is 12.4 Å². The summed E-state index contributed by atoms with van der Waals surface area (Å²) in [5.41, 5.74) is -3.06. The maximum absolute atomic E-state index is 14.1. The van der Waals surface area contributed by atoms with E-state index in [0.717, 1.165) is 6.08 Å². The van der Waals surface area contributed by atoms with Crippen molar-refractivity contribution in [1.82, 2.24) is 0 Å². The van der Waals surface area contributed by atoms with Gasteiger partial charge in [-0.05, 0) is 93.4 Å². The van der Waals surface area contributed by atoms with E-state index in [4.69, 9.17) is 4.74 Å². The predicted molar refractivity (Wildman–Crippen MR) is 160 cm³/mol. The Bertz CT molecular complexity index is 1880. The summed E-state index contributed by atoms with van der Waals surface area (Å²) in [6.07, 6.45) is -7.93. The molecule has 0 aromatic heterocycles. The van der Waals surface area contributed by atoms with Gasteiger partial charge in [0.25, 0.3) is 0 Å². The summed E-state index contributed by atoms with van der Waals surface area (Å²) in [7, 11) is 1.30. The Hall–Kier alpha value is -3.72. The van der Waals surface area contributed by atoms with E-state index >= 15 is 0 Å². The van der Waals surface area contributed by atoms with Crippen molar-refractivity contribution in [3.05, 3.63) is 84.3 Å². The minimum atomic E-state index is -5.21. The minimum Gasteiger partial charge on any atom is -0.503 e. The molecule has 0 unspecified atom stereocenters. The molecule has 4 atom stereocenters. The zero-order valence-corrected chi connectivity index (χ0v) is 27.3. The van der Waals surface area contributed by atoms with Gasteiger partial charge in [0.15, 0.2) is 23.1 Å². The molecule has 2 aromatic rings. The second-order valence-corrected chi connectivity index (χ2v) is 13.2. The van der Waals surface area contributed by atoms with Crippen molar-refractivity contribution in [3.8, 4) is 11.5 Å². The number of amides is 2. The lowest BCUT2D eigenvalue weighted by Gasteiger charge is -2.42. The topological polar surface area (TPSA) is 101 Å². The number of allylic oxidation sites excluding steroid dienone is 6. The molecule has 47 heavy (non-hydrogen) atoms. The van der Waals surface area contributed by atoms with Gasteiger partial charge in [0, 0.05) is 27.1 Å². The molecule has 2 aromatic carbocycles. The molecule has 1 saturated heterocycles. The molecule has 1 fully saturated rings. The van der Waals surface area contributed by atoms with E-state index in [0.29, 0.717) is 32.6 Å². The number of nitrogens with zero attached hydrogens (tertiary/aromatic N) is 1. The van der Waals surface area contributed by atoms with E-state index < -0.39 is 76.2 Å².